The number of rotatable bonds is 2. The van der Waals surface area contributed by atoms with Crippen LogP contribution in [0.2, 0.25) is 0 Å². The van der Waals surface area contributed by atoms with Crippen molar-refractivity contribution >= 4 is 0 Å². The summed E-state index contributed by atoms with van der Waals surface area (Å²) in [6.45, 7) is 4.26. The lowest BCUT2D eigenvalue weighted by Crippen LogP contribution is -2.29. The largest absolute Gasteiger partial charge is 0.316 e. The minimum Gasteiger partial charge on any atom is -0.316 e. The van der Waals surface area contributed by atoms with E-state index in [1.807, 2.05) is 6.20 Å². The van der Waals surface area contributed by atoms with Crippen LogP contribution in [0.3, 0.4) is 0 Å². The van der Waals surface area contributed by atoms with E-state index in [9.17, 15) is 0 Å². The molecule has 2 aromatic rings. The van der Waals surface area contributed by atoms with Gasteiger partial charge in [-0.05, 0) is 31.9 Å². The Morgan fingerprint density at radius 2 is 2.05 bits per heavy atom. The molecule has 1 aromatic carbocycles. The summed E-state index contributed by atoms with van der Waals surface area (Å²) >= 11 is 0. The van der Waals surface area contributed by atoms with E-state index in [2.05, 4.69) is 46.5 Å². The molecule has 3 nitrogen and oxygen atoms in total. The summed E-state index contributed by atoms with van der Waals surface area (Å²) in [5.74, 6) is 0.507. The fraction of sp³-hybridized carbons (Fsp3) is 0.375. The summed E-state index contributed by atoms with van der Waals surface area (Å²) < 4.78 is 0. The summed E-state index contributed by atoms with van der Waals surface area (Å²) in [4.78, 5) is 8.76. The Balaban J connectivity index is 1.98. The maximum atomic E-state index is 4.55. The molecule has 3 rings (SSSR count). The van der Waals surface area contributed by atoms with E-state index in [0.29, 0.717) is 5.92 Å². The molecule has 0 unspecified atom stereocenters. The number of nitrogens with zero attached hydrogens (tertiary/aromatic N) is 2. The number of benzene rings is 1. The Bertz CT molecular complexity index is 542. The standard InChI is InChI=1S/C16H19N3/c1-12-4-6-13(7-5-12)15-10-18-11-19-16(15)14-3-2-8-17-9-14/h4-7,10-11,14,17H,2-3,8-9H2,1H3/t14-/m0/s1. The van der Waals surface area contributed by atoms with Gasteiger partial charge in [0.2, 0.25) is 0 Å². The molecule has 1 aliphatic heterocycles. The summed E-state index contributed by atoms with van der Waals surface area (Å²) in [6.07, 6.45) is 6.05. The summed E-state index contributed by atoms with van der Waals surface area (Å²) in [5, 5.41) is 3.46. The fourth-order valence-electron chi connectivity index (χ4n) is 2.71. The van der Waals surface area contributed by atoms with Crippen LogP contribution < -0.4 is 5.32 Å². The van der Waals surface area contributed by atoms with Crippen molar-refractivity contribution in [1.29, 1.82) is 0 Å². The van der Waals surface area contributed by atoms with Gasteiger partial charge in [0, 0.05) is 24.2 Å². The molecule has 19 heavy (non-hydrogen) atoms. The number of hydrogen-bond donors (Lipinski definition) is 1. The van der Waals surface area contributed by atoms with Gasteiger partial charge in [-0.15, -0.1) is 0 Å². The van der Waals surface area contributed by atoms with Gasteiger partial charge in [-0.3, -0.25) is 0 Å². The normalized spacial score (nSPS) is 19.3. The number of nitrogens with one attached hydrogen (secondary N) is 1. The topological polar surface area (TPSA) is 37.8 Å². The van der Waals surface area contributed by atoms with Gasteiger partial charge in [-0.2, -0.15) is 0 Å². The average molecular weight is 253 g/mol. The predicted molar refractivity (Wildman–Crippen MR) is 77.0 cm³/mol. The van der Waals surface area contributed by atoms with Crippen molar-refractivity contribution < 1.29 is 0 Å². The smallest absolute Gasteiger partial charge is 0.115 e. The second-order valence-electron chi connectivity index (χ2n) is 5.23. The Labute approximate surface area is 114 Å². The zero-order valence-corrected chi connectivity index (χ0v) is 11.3. The van der Waals surface area contributed by atoms with Crippen LogP contribution in [0.1, 0.15) is 30.0 Å². The molecule has 0 aliphatic carbocycles. The highest BCUT2D eigenvalue weighted by Gasteiger charge is 2.20. The summed E-state index contributed by atoms with van der Waals surface area (Å²) in [6, 6.07) is 8.61. The van der Waals surface area contributed by atoms with Crippen LogP contribution in [-0.2, 0) is 0 Å². The third-order valence-electron chi connectivity index (χ3n) is 3.79. The van der Waals surface area contributed by atoms with Crippen molar-refractivity contribution in [3.63, 3.8) is 0 Å². The molecule has 1 fully saturated rings. The number of hydrogen-bond acceptors (Lipinski definition) is 3. The molecule has 0 spiro atoms. The zero-order valence-electron chi connectivity index (χ0n) is 11.3. The Morgan fingerprint density at radius 1 is 1.21 bits per heavy atom. The average Bonchev–Trinajstić information content (AvgIpc) is 2.49. The highest BCUT2D eigenvalue weighted by molar-refractivity contribution is 5.65. The maximum Gasteiger partial charge on any atom is 0.115 e. The second kappa shape index (κ2) is 5.49. The molecule has 1 atom stereocenters. The lowest BCUT2D eigenvalue weighted by Gasteiger charge is -2.24. The lowest BCUT2D eigenvalue weighted by atomic mass is 9.91. The van der Waals surface area contributed by atoms with E-state index in [-0.39, 0.29) is 0 Å². The minimum atomic E-state index is 0.507. The van der Waals surface area contributed by atoms with Gasteiger partial charge in [0.25, 0.3) is 0 Å². The highest BCUT2D eigenvalue weighted by Crippen LogP contribution is 2.30. The molecule has 3 heteroatoms. The zero-order chi connectivity index (χ0) is 13.1. The van der Waals surface area contributed by atoms with Crippen LogP contribution in [0.4, 0.5) is 0 Å². The third kappa shape index (κ3) is 2.66. The molecule has 1 N–H and O–H groups in total. The minimum absolute atomic E-state index is 0.507. The van der Waals surface area contributed by atoms with Crippen LogP contribution in [-0.4, -0.2) is 23.1 Å². The first-order chi connectivity index (χ1) is 9.34. The van der Waals surface area contributed by atoms with Gasteiger partial charge in [-0.25, -0.2) is 9.97 Å². The van der Waals surface area contributed by atoms with Gasteiger partial charge in [0.1, 0.15) is 6.33 Å². The van der Waals surface area contributed by atoms with Crippen LogP contribution >= 0.6 is 0 Å². The van der Waals surface area contributed by atoms with E-state index in [1.54, 1.807) is 6.33 Å². The second-order valence-corrected chi connectivity index (χ2v) is 5.23. The Hall–Kier alpha value is -1.74. The molecule has 0 saturated carbocycles. The fourth-order valence-corrected chi connectivity index (χ4v) is 2.71. The first-order valence-electron chi connectivity index (χ1n) is 6.92. The molecule has 98 valence electrons. The highest BCUT2D eigenvalue weighted by atomic mass is 14.9. The van der Waals surface area contributed by atoms with Gasteiger partial charge >= 0.3 is 0 Å². The lowest BCUT2D eigenvalue weighted by molar-refractivity contribution is 0.455. The van der Waals surface area contributed by atoms with Crippen LogP contribution in [0.15, 0.2) is 36.8 Å². The van der Waals surface area contributed by atoms with Crippen molar-refractivity contribution in [2.24, 2.45) is 0 Å². The van der Waals surface area contributed by atoms with Gasteiger partial charge in [0.15, 0.2) is 0 Å². The van der Waals surface area contributed by atoms with Gasteiger partial charge in [0.05, 0.1) is 5.69 Å². The van der Waals surface area contributed by atoms with Crippen LogP contribution in [0.25, 0.3) is 11.1 Å². The van der Waals surface area contributed by atoms with E-state index >= 15 is 0 Å². The van der Waals surface area contributed by atoms with Crippen molar-refractivity contribution in [2.75, 3.05) is 13.1 Å². The van der Waals surface area contributed by atoms with Crippen molar-refractivity contribution in [1.82, 2.24) is 15.3 Å². The van der Waals surface area contributed by atoms with Crippen molar-refractivity contribution in [3.8, 4) is 11.1 Å². The Kier molecular flexibility index (Phi) is 3.56. The van der Waals surface area contributed by atoms with E-state index in [1.165, 1.54) is 35.2 Å². The number of piperidine rings is 1. The number of aromatic nitrogens is 2. The monoisotopic (exact) mass is 253 g/mol. The van der Waals surface area contributed by atoms with E-state index in [4.69, 9.17) is 0 Å². The van der Waals surface area contributed by atoms with E-state index < -0.39 is 0 Å². The molecule has 0 bridgehead atoms. The third-order valence-corrected chi connectivity index (χ3v) is 3.79. The maximum absolute atomic E-state index is 4.55. The molecular formula is C16H19N3. The molecule has 1 aliphatic rings. The quantitative estimate of drug-likeness (QED) is 0.894. The molecule has 0 radical (unpaired) electrons. The molecule has 1 aromatic heterocycles. The summed E-state index contributed by atoms with van der Waals surface area (Å²) in [7, 11) is 0. The predicted octanol–water partition coefficient (Wildman–Crippen LogP) is 2.92. The molecule has 0 amide bonds. The first kappa shape index (κ1) is 12.3. The Morgan fingerprint density at radius 3 is 2.79 bits per heavy atom. The van der Waals surface area contributed by atoms with E-state index in [0.717, 1.165) is 13.1 Å². The summed E-state index contributed by atoms with van der Waals surface area (Å²) in [5.41, 5.74) is 4.86. The van der Waals surface area contributed by atoms with Gasteiger partial charge < -0.3 is 5.32 Å². The molecule has 1 saturated heterocycles. The van der Waals surface area contributed by atoms with Crippen LogP contribution in [0.5, 0.6) is 0 Å². The SMILES string of the molecule is Cc1ccc(-c2cncnc2[C@H]2CCCNC2)cc1. The van der Waals surface area contributed by atoms with Crippen molar-refractivity contribution in [3.05, 3.63) is 48.0 Å². The molecular weight excluding hydrogens is 234 g/mol. The number of aryl methyl sites for hydroxylation is 1. The van der Waals surface area contributed by atoms with Gasteiger partial charge in [-0.1, -0.05) is 29.8 Å². The molecule has 2 heterocycles. The van der Waals surface area contributed by atoms with Crippen molar-refractivity contribution in [2.45, 2.75) is 25.7 Å². The first-order valence-corrected chi connectivity index (χ1v) is 6.92. The van der Waals surface area contributed by atoms with Crippen LogP contribution in [0, 0.1) is 6.92 Å².